The molecular formula is C44H30N4O. The maximum atomic E-state index is 10.7. The first-order valence-corrected chi connectivity index (χ1v) is 16.9. The predicted molar refractivity (Wildman–Crippen MR) is 193 cm³/mol. The molecule has 0 bridgehead atoms. The number of para-hydroxylation sites is 4. The highest BCUT2D eigenvalue weighted by molar-refractivity contribution is 5.93. The van der Waals surface area contributed by atoms with E-state index in [2.05, 4.69) is 125 Å². The van der Waals surface area contributed by atoms with Crippen LogP contribution in [0.1, 0.15) is 51.8 Å². The van der Waals surface area contributed by atoms with E-state index in [4.69, 9.17) is 4.74 Å². The zero-order valence-electron chi connectivity index (χ0n) is 26.6. The molecule has 4 aliphatic rings. The van der Waals surface area contributed by atoms with Gasteiger partial charge in [-0.15, -0.1) is 0 Å². The Morgan fingerprint density at radius 2 is 1.59 bits per heavy atom. The van der Waals surface area contributed by atoms with Crippen LogP contribution >= 0.6 is 0 Å². The number of rotatable bonds is 3. The van der Waals surface area contributed by atoms with Crippen LogP contribution in [0.4, 0.5) is 11.4 Å². The van der Waals surface area contributed by atoms with Crippen molar-refractivity contribution >= 4 is 28.4 Å². The molecule has 1 aromatic heterocycles. The van der Waals surface area contributed by atoms with E-state index in [1.807, 2.05) is 30.3 Å². The monoisotopic (exact) mass is 630 g/mol. The molecular weight excluding hydrogens is 601 g/mol. The van der Waals surface area contributed by atoms with Gasteiger partial charge in [0.2, 0.25) is 0 Å². The number of fused-ring (bicyclic) bond motifs is 10. The Bertz CT molecular complexity index is 2510. The van der Waals surface area contributed by atoms with Crippen molar-refractivity contribution in [1.82, 2.24) is 4.57 Å². The minimum absolute atomic E-state index is 0.0224. The molecule has 0 spiro atoms. The van der Waals surface area contributed by atoms with E-state index in [1.54, 1.807) is 0 Å². The zero-order chi connectivity index (χ0) is 32.6. The molecule has 232 valence electrons. The minimum Gasteiger partial charge on any atom is -0.485 e. The summed E-state index contributed by atoms with van der Waals surface area (Å²) in [6.45, 7) is 0. The highest BCUT2D eigenvalue weighted by Crippen LogP contribution is 2.59. The summed E-state index contributed by atoms with van der Waals surface area (Å²) in [5.74, 6) is 1.25. The van der Waals surface area contributed by atoms with Gasteiger partial charge in [-0.1, -0.05) is 78.9 Å². The molecule has 6 aromatic rings. The molecule has 0 amide bonds. The highest BCUT2D eigenvalue weighted by Gasteiger charge is 2.51. The molecule has 10 rings (SSSR count). The number of benzene rings is 5. The van der Waals surface area contributed by atoms with Gasteiger partial charge < -0.3 is 14.2 Å². The van der Waals surface area contributed by atoms with E-state index >= 15 is 0 Å². The number of aromatic nitrogens is 1. The van der Waals surface area contributed by atoms with Crippen LogP contribution in [0.2, 0.25) is 0 Å². The lowest BCUT2D eigenvalue weighted by Gasteiger charge is -2.36. The van der Waals surface area contributed by atoms with Crippen LogP contribution < -0.4 is 9.64 Å². The van der Waals surface area contributed by atoms with E-state index in [0.29, 0.717) is 11.1 Å². The molecule has 0 saturated carbocycles. The van der Waals surface area contributed by atoms with Crippen molar-refractivity contribution in [2.75, 3.05) is 4.90 Å². The first-order chi connectivity index (χ1) is 24.2. The molecule has 3 heterocycles. The van der Waals surface area contributed by atoms with Crippen LogP contribution in [0.15, 0.2) is 127 Å². The summed E-state index contributed by atoms with van der Waals surface area (Å²) in [6, 6.07) is 42.6. The van der Waals surface area contributed by atoms with Crippen LogP contribution in [0, 0.1) is 22.7 Å². The summed E-state index contributed by atoms with van der Waals surface area (Å²) in [5, 5.41) is 22.3. The molecule has 2 aliphatic carbocycles. The van der Waals surface area contributed by atoms with Gasteiger partial charge in [0.15, 0.2) is 0 Å². The first-order valence-electron chi connectivity index (χ1n) is 16.9. The lowest BCUT2D eigenvalue weighted by molar-refractivity contribution is 0.229. The van der Waals surface area contributed by atoms with E-state index in [-0.39, 0.29) is 24.0 Å². The van der Waals surface area contributed by atoms with Gasteiger partial charge in [-0.3, -0.25) is 0 Å². The summed E-state index contributed by atoms with van der Waals surface area (Å²) in [5.41, 5.74) is 12.0. The first kappa shape index (κ1) is 27.8. The van der Waals surface area contributed by atoms with E-state index < -0.39 is 0 Å². The number of ether oxygens (including phenoxy) is 1. The minimum atomic E-state index is -0.0384. The SMILES string of the molecule is N#Cc1cc(-c2cccc(C#N)c2N2c3ccccc3C3C2C=CC2Oc4ccccc4[C@H]23)cc(-n2c3c(c4ccccc42)CCC=C3)c1. The maximum Gasteiger partial charge on any atom is 0.125 e. The normalized spacial score (nSPS) is 20.8. The Balaban J connectivity index is 1.19. The summed E-state index contributed by atoms with van der Waals surface area (Å²) >= 11 is 0. The number of hydrogen-bond acceptors (Lipinski definition) is 4. The fourth-order valence-electron chi connectivity index (χ4n) is 8.97. The van der Waals surface area contributed by atoms with Crippen LogP contribution in [0.25, 0.3) is 33.8 Å². The molecule has 0 N–H and O–H groups in total. The fraction of sp³-hybridized carbons (Fsp3) is 0.136. The Morgan fingerprint density at radius 1 is 0.755 bits per heavy atom. The van der Waals surface area contributed by atoms with Gasteiger partial charge in [0.1, 0.15) is 17.9 Å². The number of nitrogens with zero attached hydrogens (tertiary/aromatic N) is 4. The molecule has 3 unspecified atom stereocenters. The van der Waals surface area contributed by atoms with Gasteiger partial charge in [-0.2, -0.15) is 10.5 Å². The van der Waals surface area contributed by atoms with E-state index in [0.717, 1.165) is 58.0 Å². The van der Waals surface area contributed by atoms with Crippen LogP contribution in [-0.2, 0) is 6.42 Å². The largest absolute Gasteiger partial charge is 0.485 e. The Kier molecular flexibility index (Phi) is 6.01. The smallest absolute Gasteiger partial charge is 0.125 e. The second-order valence-electron chi connectivity index (χ2n) is 13.3. The van der Waals surface area contributed by atoms with Crippen molar-refractivity contribution in [2.45, 2.75) is 36.8 Å². The van der Waals surface area contributed by atoms with Crippen molar-refractivity contribution in [3.05, 3.63) is 161 Å². The fourth-order valence-corrected chi connectivity index (χ4v) is 8.97. The number of nitriles is 2. The Morgan fingerprint density at radius 3 is 2.49 bits per heavy atom. The summed E-state index contributed by atoms with van der Waals surface area (Å²) < 4.78 is 8.75. The van der Waals surface area contributed by atoms with Crippen molar-refractivity contribution in [3.8, 4) is 34.7 Å². The zero-order valence-corrected chi connectivity index (χ0v) is 26.6. The highest BCUT2D eigenvalue weighted by atomic mass is 16.5. The molecule has 0 saturated heterocycles. The van der Waals surface area contributed by atoms with Crippen LogP contribution in [0.3, 0.4) is 0 Å². The number of anilines is 2. The second-order valence-corrected chi connectivity index (χ2v) is 13.3. The maximum absolute atomic E-state index is 10.7. The van der Waals surface area contributed by atoms with E-state index in [9.17, 15) is 10.5 Å². The second kappa shape index (κ2) is 10.6. The number of aryl methyl sites for hydroxylation is 1. The Hall–Kier alpha value is -6.30. The Labute approximate surface area is 284 Å². The third-order valence-corrected chi connectivity index (χ3v) is 10.9. The average molecular weight is 631 g/mol. The molecule has 5 nitrogen and oxygen atoms in total. The third-order valence-electron chi connectivity index (χ3n) is 10.9. The quantitative estimate of drug-likeness (QED) is 0.183. The molecule has 2 aliphatic heterocycles. The predicted octanol–water partition coefficient (Wildman–Crippen LogP) is 9.72. The topological polar surface area (TPSA) is 65.0 Å². The average Bonchev–Trinajstić information content (AvgIpc) is 3.82. The lowest BCUT2D eigenvalue weighted by Crippen LogP contribution is -2.38. The summed E-state index contributed by atoms with van der Waals surface area (Å²) in [6.07, 6.45) is 10.9. The number of allylic oxidation sites excluding steroid dienone is 1. The van der Waals surface area contributed by atoms with Crippen molar-refractivity contribution in [3.63, 3.8) is 0 Å². The van der Waals surface area contributed by atoms with Crippen molar-refractivity contribution in [2.24, 2.45) is 0 Å². The van der Waals surface area contributed by atoms with Gasteiger partial charge in [0, 0.05) is 45.4 Å². The van der Waals surface area contributed by atoms with Gasteiger partial charge in [0.25, 0.3) is 0 Å². The van der Waals surface area contributed by atoms with Gasteiger partial charge in [-0.25, -0.2) is 0 Å². The summed E-state index contributed by atoms with van der Waals surface area (Å²) in [4.78, 5) is 2.37. The van der Waals surface area contributed by atoms with Gasteiger partial charge in [0.05, 0.1) is 34.4 Å². The molecule has 0 radical (unpaired) electrons. The molecule has 5 aromatic carbocycles. The van der Waals surface area contributed by atoms with Crippen molar-refractivity contribution in [1.29, 1.82) is 10.5 Å². The van der Waals surface area contributed by atoms with Crippen LogP contribution in [0.5, 0.6) is 5.75 Å². The van der Waals surface area contributed by atoms with Gasteiger partial charge in [-0.05, 0) is 84.1 Å². The van der Waals surface area contributed by atoms with Crippen molar-refractivity contribution < 1.29 is 4.74 Å². The molecule has 4 atom stereocenters. The molecule has 5 heteroatoms. The van der Waals surface area contributed by atoms with Crippen LogP contribution in [-0.4, -0.2) is 16.7 Å². The standard InChI is InChI=1S/C44H30N4O/c45-25-27-22-29(24-30(23-27)47-36-16-5-1-11-32(36)33-12-2-6-17-37(33)47)31-15-9-10-28(26-46)44(31)48-38-18-7-3-13-34(38)42-39(48)20-21-41-43(42)35-14-4-8-19-40(35)49-41/h1,3-11,13-24,39,41-43H,2,12H2/t39?,41?,42?,43-/m1/s1. The van der Waals surface area contributed by atoms with Gasteiger partial charge >= 0.3 is 0 Å². The lowest BCUT2D eigenvalue weighted by atomic mass is 9.73. The summed E-state index contributed by atoms with van der Waals surface area (Å²) in [7, 11) is 0. The van der Waals surface area contributed by atoms with E-state index in [1.165, 1.54) is 22.1 Å². The number of hydrogen-bond donors (Lipinski definition) is 0. The molecule has 49 heavy (non-hydrogen) atoms. The third kappa shape index (κ3) is 3.97. The molecule has 0 fully saturated rings.